The molecule has 0 aliphatic heterocycles. The van der Waals surface area contributed by atoms with Crippen molar-refractivity contribution in [3.63, 3.8) is 0 Å². The van der Waals surface area contributed by atoms with E-state index in [0.29, 0.717) is 16.3 Å². The molecule has 2 N–H and O–H groups in total. The number of aromatic nitrogens is 4. The average Bonchev–Trinajstić information content (AvgIpc) is 2.94. The molecule has 0 amide bonds. The Hall–Kier alpha value is -1.74. The molecule has 1 aromatic carbocycles. The van der Waals surface area contributed by atoms with Crippen LogP contribution >= 0.6 is 11.6 Å². The summed E-state index contributed by atoms with van der Waals surface area (Å²) in [5, 5.41) is 13.7. The zero-order chi connectivity index (χ0) is 15.3. The van der Waals surface area contributed by atoms with Gasteiger partial charge in [-0.2, -0.15) is 5.21 Å². The van der Waals surface area contributed by atoms with Crippen LogP contribution in [0.2, 0.25) is 5.02 Å². The van der Waals surface area contributed by atoms with Crippen molar-refractivity contribution in [3.8, 4) is 11.4 Å². The molecule has 0 aliphatic rings. The largest absolute Gasteiger partial charge is 0.283 e. The first-order chi connectivity index (χ1) is 10.0. The Bertz CT molecular complexity index is 693. The third-order valence-electron chi connectivity index (χ3n) is 2.63. The molecule has 0 bridgehead atoms. The maximum absolute atomic E-state index is 12.0. The summed E-state index contributed by atoms with van der Waals surface area (Å²) in [4.78, 5) is 0. The van der Waals surface area contributed by atoms with Gasteiger partial charge in [0.05, 0.1) is 18.1 Å². The lowest BCUT2D eigenvalue weighted by Crippen LogP contribution is -2.17. The van der Waals surface area contributed by atoms with Gasteiger partial charge in [-0.3, -0.25) is 9.11 Å². The van der Waals surface area contributed by atoms with Gasteiger partial charge in [-0.05, 0) is 36.3 Å². The number of halogens is 2. The van der Waals surface area contributed by atoms with E-state index in [1.54, 1.807) is 6.07 Å². The van der Waals surface area contributed by atoms with E-state index < -0.39 is 16.7 Å². The van der Waals surface area contributed by atoms with Crippen LogP contribution in [0.5, 0.6) is 0 Å². The van der Waals surface area contributed by atoms with Gasteiger partial charge in [-0.15, -0.1) is 10.2 Å². The molecule has 0 radical (unpaired) electrons. The van der Waals surface area contributed by atoms with E-state index in [1.807, 2.05) is 0 Å². The number of H-pyrrole nitrogens is 1. The lowest BCUT2D eigenvalue weighted by molar-refractivity contribution is 0.468. The third-order valence-corrected chi connectivity index (χ3v) is 4.22. The lowest BCUT2D eigenvalue weighted by Gasteiger charge is -2.11. The highest BCUT2D eigenvalue weighted by Gasteiger charge is 2.16. The Morgan fingerprint density at radius 1 is 1.33 bits per heavy atom. The molecule has 21 heavy (non-hydrogen) atoms. The van der Waals surface area contributed by atoms with Gasteiger partial charge in [0.15, 0.2) is 0 Å². The minimum absolute atomic E-state index is 0.161. The van der Waals surface area contributed by atoms with Crippen molar-refractivity contribution in [3.05, 3.63) is 23.2 Å². The van der Waals surface area contributed by atoms with Crippen LogP contribution in [-0.4, -0.2) is 41.5 Å². The number of alkyl halides is 1. The van der Waals surface area contributed by atoms with Crippen LogP contribution in [-0.2, 0) is 10.0 Å². The van der Waals surface area contributed by atoms with E-state index in [9.17, 15) is 12.8 Å². The molecule has 0 unspecified atom stereocenters. The predicted octanol–water partition coefficient (Wildman–Crippen LogP) is 2.01. The molecule has 2 aromatic rings. The highest BCUT2D eigenvalue weighted by Crippen LogP contribution is 2.28. The van der Waals surface area contributed by atoms with Crippen molar-refractivity contribution >= 4 is 27.3 Å². The first kappa shape index (κ1) is 15.6. The fraction of sp³-hybridized carbons (Fsp3) is 0.364. The molecule has 114 valence electrons. The summed E-state index contributed by atoms with van der Waals surface area (Å²) in [6, 6.07) is 4.59. The molecule has 1 heterocycles. The maximum atomic E-state index is 12.0. The minimum Gasteiger partial charge on any atom is -0.283 e. The minimum atomic E-state index is -3.58. The number of sulfonamides is 1. The first-order valence-corrected chi connectivity index (χ1v) is 8.15. The van der Waals surface area contributed by atoms with Crippen LogP contribution in [0.3, 0.4) is 0 Å². The molecule has 0 aliphatic carbocycles. The second kappa shape index (κ2) is 6.81. The van der Waals surface area contributed by atoms with Crippen molar-refractivity contribution in [2.24, 2.45) is 0 Å². The van der Waals surface area contributed by atoms with Crippen molar-refractivity contribution in [2.45, 2.75) is 12.8 Å². The van der Waals surface area contributed by atoms with Crippen LogP contribution in [0.4, 0.5) is 10.1 Å². The zero-order valence-corrected chi connectivity index (χ0v) is 12.5. The summed E-state index contributed by atoms with van der Waals surface area (Å²) in [5.74, 6) is 0.0598. The van der Waals surface area contributed by atoms with E-state index in [2.05, 4.69) is 25.3 Å². The molecule has 0 saturated carbocycles. The van der Waals surface area contributed by atoms with Crippen LogP contribution in [0.1, 0.15) is 12.8 Å². The Balaban J connectivity index is 2.24. The SMILES string of the molecule is O=S(=O)(CCCCF)Nc1ccc(Cl)cc1-c1nn[nH]n1. The number of nitrogens with one attached hydrogen (secondary N) is 2. The number of benzene rings is 1. The maximum Gasteiger partial charge on any atom is 0.232 e. The fourth-order valence-corrected chi connectivity index (χ4v) is 3.04. The summed E-state index contributed by atoms with van der Waals surface area (Å²) in [6.07, 6.45) is 0.455. The van der Waals surface area contributed by atoms with E-state index >= 15 is 0 Å². The van der Waals surface area contributed by atoms with E-state index in [0.717, 1.165) is 0 Å². The van der Waals surface area contributed by atoms with Gasteiger partial charge in [0, 0.05) is 10.6 Å². The number of hydrogen-bond donors (Lipinski definition) is 2. The van der Waals surface area contributed by atoms with Crippen LogP contribution in [0, 0.1) is 0 Å². The van der Waals surface area contributed by atoms with Crippen molar-refractivity contribution < 1.29 is 12.8 Å². The number of nitrogens with zero attached hydrogens (tertiary/aromatic N) is 3. The zero-order valence-electron chi connectivity index (χ0n) is 10.9. The van der Waals surface area contributed by atoms with E-state index in [1.165, 1.54) is 12.1 Å². The fourth-order valence-electron chi connectivity index (χ4n) is 1.67. The van der Waals surface area contributed by atoms with Crippen LogP contribution < -0.4 is 4.72 Å². The van der Waals surface area contributed by atoms with Crippen molar-refractivity contribution in [2.75, 3.05) is 17.1 Å². The molecule has 1 aromatic heterocycles. The Morgan fingerprint density at radius 2 is 2.14 bits per heavy atom. The summed E-state index contributed by atoms with van der Waals surface area (Å²) < 4.78 is 38.4. The number of aromatic amines is 1. The second-order valence-electron chi connectivity index (χ2n) is 4.24. The molecule has 0 saturated heterocycles. The quantitative estimate of drug-likeness (QED) is 0.755. The topological polar surface area (TPSA) is 101 Å². The number of unbranched alkanes of at least 4 members (excludes halogenated alkanes) is 1. The molecule has 10 heteroatoms. The first-order valence-electron chi connectivity index (χ1n) is 6.11. The van der Waals surface area contributed by atoms with Gasteiger partial charge >= 0.3 is 0 Å². The lowest BCUT2D eigenvalue weighted by atomic mass is 10.2. The summed E-state index contributed by atoms with van der Waals surface area (Å²) in [7, 11) is -3.58. The Morgan fingerprint density at radius 3 is 2.81 bits per heavy atom. The monoisotopic (exact) mass is 333 g/mol. The highest BCUT2D eigenvalue weighted by atomic mass is 35.5. The normalized spacial score (nSPS) is 11.5. The standard InChI is InChI=1S/C11H13ClFN5O2S/c12-8-3-4-10(9(7-8)11-14-17-18-15-11)16-21(19,20)6-2-1-5-13/h3-4,7,16H,1-2,5-6H2,(H,14,15,17,18). The van der Waals surface area contributed by atoms with E-state index in [4.69, 9.17) is 11.6 Å². The predicted molar refractivity (Wildman–Crippen MR) is 77.2 cm³/mol. The molecule has 0 spiro atoms. The smallest absolute Gasteiger partial charge is 0.232 e. The second-order valence-corrected chi connectivity index (χ2v) is 6.52. The van der Waals surface area contributed by atoms with E-state index in [-0.39, 0.29) is 24.4 Å². The van der Waals surface area contributed by atoms with Gasteiger partial charge in [0.2, 0.25) is 15.8 Å². The van der Waals surface area contributed by atoms with Gasteiger partial charge < -0.3 is 0 Å². The van der Waals surface area contributed by atoms with Crippen molar-refractivity contribution in [1.82, 2.24) is 20.6 Å². The molecular weight excluding hydrogens is 321 g/mol. The van der Waals surface area contributed by atoms with Gasteiger partial charge in [0.25, 0.3) is 0 Å². The van der Waals surface area contributed by atoms with Crippen molar-refractivity contribution in [1.29, 1.82) is 0 Å². The van der Waals surface area contributed by atoms with Crippen LogP contribution in [0.25, 0.3) is 11.4 Å². The average molecular weight is 334 g/mol. The Labute approximate surface area is 126 Å². The number of anilines is 1. The summed E-state index contributed by atoms with van der Waals surface area (Å²) >= 11 is 5.90. The highest BCUT2D eigenvalue weighted by molar-refractivity contribution is 7.92. The molecule has 2 rings (SSSR count). The molecular formula is C11H13ClFN5O2S. The third kappa shape index (κ3) is 4.36. The summed E-state index contributed by atoms with van der Waals surface area (Å²) in [6.45, 7) is -0.537. The number of rotatable bonds is 7. The number of tetrazole rings is 1. The molecule has 7 nitrogen and oxygen atoms in total. The van der Waals surface area contributed by atoms with Gasteiger partial charge in [-0.1, -0.05) is 11.6 Å². The van der Waals surface area contributed by atoms with Crippen LogP contribution in [0.15, 0.2) is 18.2 Å². The van der Waals surface area contributed by atoms with Gasteiger partial charge in [-0.25, -0.2) is 8.42 Å². The number of hydrogen-bond acceptors (Lipinski definition) is 5. The Kier molecular flexibility index (Phi) is 5.07. The molecule has 0 fully saturated rings. The summed E-state index contributed by atoms with van der Waals surface area (Å²) in [5.41, 5.74) is 0.700. The molecule has 0 atom stereocenters. The van der Waals surface area contributed by atoms with Gasteiger partial charge in [0.1, 0.15) is 0 Å².